The van der Waals surface area contributed by atoms with Crippen LogP contribution in [0.4, 0.5) is 11.4 Å². The lowest BCUT2D eigenvalue weighted by Gasteiger charge is -2.11. The van der Waals surface area contributed by atoms with E-state index in [2.05, 4.69) is 5.32 Å². The molecule has 1 N–H and O–H groups in total. The molecule has 1 fully saturated rings. The average Bonchev–Trinajstić information content (AvgIpc) is 2.93. The number of anilines is 1. The molecule has 0 aromatic heterocycles. The molecule has 6 nitrogen and oxygen atoms in total. The van der Waals surface area contributed by atoms with Crippen LogP contribution in [-0.2, 0) is 16.1 Å². The van der Waals surface area contributed by atoms with Gasteiger partial charge in [-0.3, -0.25) is 10.1 Å². The summed E-state index contributed by atoms with van der Waals surface area (Å²) in [6.45, 7) is 4.27. The van der Waals surface area contributed by atoms with Crippen LogP contribution in [0.15, 0.2) is 18.2 Å². The zero-order chi connectivity index (χ0) is 14.4. The Balaban J connectivity index is 1.93. The maximum Gasteiger partial charge on any atom is 0.292 e. The predicted octanol–water partition coefficient (Wildman–Crippen LogP) is 2.72. The van der Waals surface area contributed by atoms with E-state index in [1.54, 1.807) is 12.1 Å². The summed E-state index contributed by atoms with van der Waals surface area (Å²) in [4.78, 5) is 10.7. The molecule has 0 aliphatic carbocycles. The van der Waals surface area contributed by atoms with Gasteiger partial charge in [-0.25, -0.2) is 0 Å². The average molecular weight is 280 g/mol. The fourth-order valence-corrected chi connectivity index (χ4v) is 2.24. The van der Waals surface area contributed by atoms with Gasteiger partial charge in [0.1, 0.15) is 5.69 Å². The van der Waals surface area contributed by atoms with E-state index in [-0.39, 0.29) is 16.7 Å². The van der Waals surface area contributed by atoms with Crippen LogP contribution in [0.2, 0.25) is 0 Å². The summed E-state index contributed by atoms with van der Waals surface area (Å²) in [6.07, 6.45) is 2.28. The molecule has 0 amide bonds. The normalized spacial score (nSPS) is 18.1. The van der Waals surface area contributed by atoms with Crippen LogP contribution in [0.5, 0.6) is 0 Å². The van der Waals surface area contributed by atoms with Gasteiger partial charge in [0.05, 0.1) is 24.2 Å². The highest BCUT2D eigenvalue weighted by molar-refractivity contribution is 5.62. The fourth-order valence-electron chi connectivity index (χ4n) is 2.24. The highest BCUT2D eigenvalue weighted by Crippen LogP contribution is 2.25. The van der Waals surface area contributed by atoms with Gasteiger partial charge in [0.2, 0.25) is 0 Å². The highest BCUT2D eigenvalue weighted by atomic mass is 16.6. The van der Waals surface area contributed by atoms with Crippen LogP contribution in [0, 0.1) is 10.1 Å². The van der Waals surface area contributed by atoms with Gasteiger partial charge < -0.3 is 14.8 Å². The van der Waals surface area contributed by atoms with E-state index in [1.165, 1.54) is 0 Å². The molecule has 1 atom stereocenters. The minimum atomic E-state index is -0.373. The molecular formula is C14H20N2O4. The van der Waals surface area contributed by atoms with Gasteiger partial charge in [-0.15, -0.1) is 0 Å². The molecule has 6 heteroatoms. The van der Waals surface area contributed by atoms with Crippen molar-refractivity contribution < 1.29 is 14.4 Å². The number of nitrogens with zero attached hydrogens (tertiary/aromatic N) is 1. The lowest BCUT2D eigenvalue weighted by molar-refractivity contribution is -0.384. The number of benzene rings is 1. The molecule has 1 saturated heterocycles. The number of hydrogen-bond acceptors (Lipinski definition) is 5. The molecule has 1 unspecified atom stereocenters. The molecule has 0 spiro atoms. The third-order valence-electron chi connectivity index (χ3n) is 3.22. The van der Waals surface area contributed by atoms with Crippen molar-refractivity contribution in [2.24, 2.45) is 0 Å². The van der Waals surface area contributed by atoms with Gasteiger partial charge in [-0.05, 0) is 31.4 Å². The molecule has 1 aromatic rings. The van der Waals surface area contributed by atoms with Crippen molar-refractivity contribution in [2.75, 3.05) is 25.1 Å². The Morgan fingerprint density at radius 3 is 3.05 bits per heavy atom. The third-order valence-corrected chi connectivity index (χ3v) is 3.22. The number of nitro groups is 1. The summed E-state index contributed by atoms with van der Waals surface area (Å²) < 4.78 is 11.0. The first-order valence-corrected chi connectivity index (χ1v) is 6.91. The number of nitrogens with one attached hydrogen (secondary N) is 1. The Morgan fingerprint density at radius 1 is 1.55 bits per heavy atom. The molecule has 0 radical (unpaired) electrons. The molecule has 20 heavy (non-hydrogen) atoms. The third kappa shape index (κ3) is 3.91. The smallest absolute Gasteiger partial charge is 0.292 e. The second-order valence-corrected chi connectivity index (χ2v) is 4.79. The monoisotopic (exact) mass is 280 g/mol. The van der Waals surface area contributed by atoms with Gasteiger partial charge in [-0.1, -0.05) is 6.07 Å². The van der Waals surface area contributed by atoms with Crippen LogP contribution in [0.3, 0.4) is 0 Å². The summed E-state index contributed by atoms with van der Waals surface area (Å²) >= 11 is 0. The van der Waals surface area contributed by atoms with Crippen molar-refractivity contribution in [1.29, 1.82) is 0 Å². The van der Waals surface area contributed by atoms with E-state index in [4.69, 9.17) is 9.47 Å². The van der Waals surface area contributed by atoms with Gasteiger partial charge in [0.15, 0.2) is 0 Å². The van der Waals surface area contributed by atoms with Gasteiger partial charge in [0, 0.05) is 19.2 Å². The van der Waals surface area contributed by atoms with E-state index in [0.29, 0.717) is 25.4 Å². The molecule has 1 aliphatic rings. The van der Waals surface area contributed by atoms with E-state index in [1.807, 2.05) is 13.0 Å². The Morgan fingerprint density at radius 2 is 2.40 bits per heavy atom. The SMILES string of the molecule is CCNc1ccc(COCC2CCCO2)cc1[N+](=O)[O-]. The van der Waals surface area contributed by atoms with Gasteiger partial charge in [-0.2, -0.15) is 0 Å². The molecule has 2 rings (SSSR count). The second-order valence-electron chi connectivity index (χ2n) is 4.79. The van der Waals surface area contributed by atoms with Crippen molar-refractivity contribution >= 4 is 11.4 Å². The summed E-state index contributed by atoms with van der Waals surface area (Å²) in [5.41, 5.74) is 1.43. The first kappa shape index (κ1) is 14.7. The first-order chi connectivity index (χ1) is 9.70. The summed E-state index contributed by atoms with van der Waals surface area (Å²) in [7, 11) is 0. The number of ether oxygens (including phenoxy) is 2. The van der Waals surface area contributed by atoms with Crippen LogP contribution >= 0.6 is 0 Å². The van der Waals surface area contributed by atoms with E-state index in [9.17, 15) is 10.1 Å². The number of rotatable bonds is 7. The number of nitro benzene ring substituents is 1. The zero-order valence-corrected chi connectivity index (χ0v) is 11.6. The van der Waals surface area contributed by atoms with Crippen LogP contribution < -0.4 is 5.32 Å². The van der Waals surface area contributed by atoms with Crippen molar-refractivity contribution in [3.63, 3.8) is 0 Å². The van der Waals surface area contributed by atoms with Crippen LogP contribution in [0.25, 0.3) is 0 Å². The largest absolute Gasteiger partial charge is 0.380 e. The second kappa shape index (κ2) is 7.21. The predicted molar refractivity (Wildman–Crippen MR) is 75.9 cm³/mol. The minimum absolute atomic E-state index is 0.0880. The topological polar surface area (TPSA) is 73.6 Å². The maximum absolute atomic E-state index is 11.0. The number of hydrogen-bond donors (Lipinski definition) is 1. The van der Waals surface area contributed by atoms with Gasteiger partial charge >= 0.3 is 0 Å². The summed E-state index contributed by atoms with van der Waals surface area (Å²) in [6, 6.07) is 5.14. The lowest BCUT2D eigenvalue weighted by atomic mass is 10.2. The molecule has 0 saturated carbocycles. The van der Waals surface area contributed by atoms with E-state index >= 15 is 0 Å². The van der Waals surface area contributed by atoms with Crippen molar-refractivity contribution in [1.82, 2.24) is 0 Å². The Bertz CT molecular complexity index is 458. The molecule has 110 valence electrons. The lowest BCUT2D eigenvalue weighted by Crippen LogP contribution is -2.13. The fraction of sp³-hybridized carbons (Fsp3) is 0.571. The minimum Gasteiger partial charge on any atom is -0.380 e. The Hall–Kier alpha value is -1.66. The van der Waals surface area contributed by atoms with Crippen molar-refractivity contribution in [2.45, 2.75) is 32.5 Å². The van der Waals surface area contributed by atoms with Gasteiger partial charge in [0.25, 0.3) is 5.69 Å². The van der Waals surface area contributed by atoms with Crippen molar-refractivity contribution in [3.05, 3.63) is 33.9 Å². The molecule has 1 heterocycles. The molecule has 0 bridgehead atoms. The maximum atomic E-state index is 11.0. The van der Waals surface area contributed by atoms with Crippen molar-refractivity contribution in [3.8, 4) is 0 Å². The van der Waals surface area contributed by atoms with E-state index in [0.717, 1.165) is 25.0 Å². The molecular weight excluding hydrogens is 260 g/mol. The summed E-state index contributed by atoms with van der Waals surface area (Å²) in [5.74, 6) is 0. The zero-order valence-electron chi connectivity index (χ0n) is 11.6. The standard InChI is InChI=1S/C14H20N2O4/c1-2-15-13-6-5-11(8-14(13)16(17)18)9-19-10-12-4-3-7-20-12/h5-6,8,12,15H,2-4,7,9-10H2,1H3. The molecule has 1 aromatic carbocycles. The van der Waals surface area contributed by atoms with Crippen LogP contribution in [0.1, 0.15) is 25.3 Å². The van der Waals surface area contributed by atoms with E-state index < -0.39 is 0 Å². The Kier molecular flexibility index (Phi) is 5.31. The molecule has 1 aliphatic heterocycles. The quantitative estimate of drug-likeness (QED) is 0.614. The first-order valence-electron chi connectivity index (χ1n) is 6.91. The van der Waals surface area contributed by atoms with Crippen LogP contribution in [-0.4, -0.2) is 30.8 Å². The highest BCUT2D eigenvalue weighted by Gasteiger charge is 2.16. The Labute approximate surface area is 118 Å². The summed E-state index contributed by atoms with van der Waals surface area (Å²) in [5, 5.41) is 14.0.